The molecule has 0 aromatic heterocycles. The van der Waals surface area contributed by atoms with E-state index in [4.69, 9.17) is 4.74 Å². The lowest BCUT2D eigenvalue weighted by Crippen LogP contribution is -2.55. The Hall–Kier alpha value is -2.93. The van der Waals surface area contributed by atoms with Crippen molar-refractivity contribution in [3.63, 3.8) is 0 Å². The third-order valence-corrected chi connectivity index (χ3v) is 6.60. The van der Waals surface area contributed by atoms with E-state index in [2.05, 4.69) is 11.4 Å². The van der Waals surface area contributed by atoms with Crippen LogP contribution < -0.4 is 15.0 Å². The Labute approximate surface area is 182 Å². The standard InChI is InChI=1S/C24H29N3O4/c1-23(2,3)22(28)21-24(12-14-25-15-13-24)16-8-7-11-19(31-4)20(16)26(21)17-9-5-6-10-18(17)27(29)30/h5-11,21,25H,12-15H2,1-4H3. The monoisotopic (exact) mass is 423 g/mol. The molecule has 0 saturated carbocycles. The van der Waals surface area contributed by atoms with Crippen LogP contribution >= 0.6 is 0 Å². The zero-order valence-electron chi connectivity index (χ0n) is 18.5. The molecular formula is C24H29N3O4. The second-order valence-electron chi connectivity index (χ2n) is 9.40. The molecule has 0 aliphatic carbocycles. The Morgan fingerprint density at radius 2 is 1.84 bits per heavy atom. The summed E-state index contributed by atoms with van der Waals surface area (Å²) < 4.78 is 5.72. The van der Waals surface area contributed by atoms with Crippen LogP contribution in [0.25, 0.3) is 0 Å². The van der Waals surface area contributed by atoms with E-state index in [0.717, 1.165) is 37.2 Å². The van der Waals surface area contributed by atoms with Crippen molar-refractivity contribution in [2.24, 2.45) is 5.41 Å². The van der Waals surface area contributed by atoms with Crippen LogP contribution in [-0.2, 0) is 10.2 Å². The van der Waals surface area contributed by atoms with Crippen molar-refractivity contribution in [2.45, 2.75) is 45.1 Å². The fraction of sp³-hybridized carbons (Fsp3) is 0.458. The summed E-state index contributed by atoms with van der Waals surface area (Å²) >= 11 is 0. The van der Waals surface area contributed by atoms with Gasteiger partial charge < -0.3 is 15.0 Å². The van der Waals surface area contributed by atoms with Crippen LogP contribution in [-0.4, -0.2) is 36.9 Å². The van der Waals surface area contributed by atoms with Gasteiger partial charge in [-0.1, -0.05) is 45.0 Å². The Balaban J connectivity index is 2.06. The van der Waals surface area contributed by atoms with Gasteiger partial charge in [0.25, 0.3) is 5.69 Å². The van der Waals surface area contributed by atoms with Crippen LogP contribution in [0.15, 0.2) is 42.5 Å². The number of ether oxygens (including phenoxy) is 1. The molecular weight excluding hydrogens is 394 g/mol. The second kappa shape index (κ2) is 7.64. The number of para-hydroxylation sites is 3. The van der Waals surface area contributed by atoms with Crippen LogP contribution in [0.2, 0.25) is 0 Å². The van der Waals surface area contributed by atoms with Gasteiger partial charge in [0.2, 0.25) is 0 Å². The van der Waals surface area contributed by atoms with Crippen LogP contribution in [0.5, 0.6) is 5.75 Å². The molecule has 2 aromatic rings. The number of anilines is 2. The van der Waals surface area contributed by atoms with Gasteiger partial charge in [0.15, 0.2) is 5.78 Å². The lowest BCUT2D eigenvalue weighted by molar-refractivity contribution is -0.384. The summed E-state index contributed by atoms with van der Waals surface area (Å²) in [7, 11) is 1.60. The summed E-state index contributed by atoms with van der Waals surface area (Å²) in [5.41, 5.74) is 1.16. The molecule has 0 bridgehead atoms. The molecule has 2 aliphatic heterocycles. The Kier molecular flexibility index (Phi) is 5.25. The number of hydrogen-bond acceptors (Lipinski definition) is 6. The molecule has 1 N–H and O–H groups in total. The van der Waals surface area contributed by atoms with Gasteiger partial charge in [-0.15, -0.1) is 0 Å². The summed E-state index contributed by atoms with van der Waals surface area (Å²) in [5.74, 6) is 0.698. The summed E-state index contributed by atoms with van der Waals surface area (Å²) in [6, 6.07) is 12.0. The number of nitrogens with zero attached hydrogens (tertiary/aromatic N) is 2. The van der Waals surface area contributed by atoms with Crippen molar-refractivity contribution in [3.8, 4) is 5.75 Å². The number of carbonyl (C=O) groups is 1. The predicted octanol–water partition coefficient (Wildman–Crippen LogP) is 4.36. The van der Waals surface area contributed by atoms with Crippen LogP contribution in [0, 0.1) is 15.5 Å². The highest BCUT2D eigenvalue weighted by molar-refractivity contribution is 6.00. The number of carbonyl (C=O) groups excluding carboxylic acids is 1. The van der Waals surface area contributed by atoms with Crippen molar-refractivity contribution in [3.05, 3.63) is 58.1 Å². The van der Waals surface area contributed by atoms with E-state index in [0.29, 0.717) is 11.4 Å². The second-order valence-corrected chi connectivity index (χ2v) is 9.40. The molecule has 7 nitrogen and oxygen atoms in total. The van der Waals surface area contributed by atoms with Gasteiger partial charge in [0.1, 0.15) is 17.5 Å². The number of rotatable bonds is 4. The molecule has 7 heteroatoms. The van der Waals surface area contributed by atoms with Crippen LogP contribution in [0.1, 0.15) is 39.2 Å². The molecule has 2 aliphatic rings. The number of piperidine rings is 1. The van der Waals surface area contributed by atoms with E-state index in [1.807, 2.05) is 37.8 Å². The molecule has 0 radical (unpaired) electrons. The molecule has 1 atom stereocenters. The van der Waals surface area contributed by atoms with Crippen molar-refractivity contribution in [2.75, 3.05) is 25.1 Å². The van der Waals surface area contributed by atoms with Crippen molar-refractivity contribution in [1.82, 2.24) is 5.32 Å². The fourth-order valence-corrected chi connectivity index (χ4v) is 5.14. The number of hydrogen-bond donors (Lipinski definition) is 1. The number of nitrogens with one attached hydrogen (secondary N) is 1. The highest BCUT2D eigenvalue weighted by Crippen LogP contribution is 2.58. The number of nitro benzene ring substituents is 1. The highest BCUT2D eigenvalue weighted by Gasteiger charge is 2.58. The third kappa shape index (κ3) is 3.28. The summed E-state index contributed by atoms with van der Waals surface area (Å²) in [6.45, 7) is 7.33. The number of fused-ring (bicyclic) bond motifs is 2. The van der Waals surface area contributed by atoms with Gasteiger partial charge in [0, 0.05) is 16.9 Å². The van der Waals surface area contributed by atoms with E-state index in [-0.39, 0.29) is 16.4 Å². The molecule has 0 amide bonds. The van der Waals surface area contributed by atoms with Crippen LogP contribution in [0.3, 0.4) is 0 Å². The van der Waals surface area contributed by atoms with Gasteiger partial charge in [-0.2, -0.15) is 0 Å². The first-order valence-corrected chi connectivity index (χ1v) is 10.7. The maximum absolute atomic E-state index is 14.0. The Morgan fingerprint density at radius 1 is 1.16 bits per heavy atom. The fourth-order valence-electron chi connectivity index (χ4n) is 5.14. The average molecular weight is 424 g/mol. The molecule has 1 saturated heterocycles. The van der Waals surface area contributed by atoms with Gasteiger partial charge in [0.05, 0.1) is 17.7 Å². The zero-order chi connectivity index (χ0) is 22.4. The van der Waals surface area contributed by atoms with E-state index in [1.54, 1.807) is 25.3 Å². The van der Waals surface area contributed by atoms with Gasteiger partial charge in [-0.05, 0) is 43.6 Å². The zero-order valence-corrected chi connectivity index (χ0v) is 18.5. The van der Waals surface area contributed by atoms with E-state index >= 15 is 0 Å². The minimum absolute atomic E-state index is 0.0166. The predicted molar refractivity (Wildman–Crippen MR) is 120 cm³/mol. The maximum Gasteiger partial charge on any atom is 0.292 e. The molecule has 31 heavy (non-hydrogen) atoms. The molecule has 1 unspecified atom stereocenters. The van der Waals surface area contributed by atoms with Gasteiger partial charge in [-0.25, -0.2) is 0 Å². The number of nitro groups is 1. The first-order valence-electron chi connectivity index (χ1n) is 10.7. The molecule has 1 fully saturated rings. The van der Waals surface area contributed by atoms with E-state index < -0.39 is 16.9 Å². The Morgan fingerprint density at radius 3 is 2.45 bits per heavy atom. The highest BCUT2D eigenvalue weighted by atomic mass is 16.6. The molecule has 2 aromatic carbocycles. The van der Waals surface area contributed by atoms with E-state index in [9.17, 15) is 14.9 Å². The maximum atomic E-state index is 14.0. The average Bonchev–Trinajstić information content (AvgIpc) is 3.02. The van der Waals surface area contributed by atoms with E-state index in [1.165, 1.54) is 6.07 Å². The quantitative estimate of drug-likeness (QED) is 0.581. The number of benzene rings is 2. The topological polar surface area (TPSA) is 84.7 Å². The first-order chi connectivity index (χ1) is 14.7. The summed E-state index contributed by atoms with van der Waals surface area (Å²) in [5, 5.41) is 15.3. The smallest absolute Gasteiger partial charge is 0.292 e. The van der Waals surface area contributed by atoms with Crippen molar-refractivity contribution < 1.29 is 14.5 Å². The number of ketones is 1. The summed E-state index contributed by atoms with van der Waals surface area (Å²) in [4.78, 5) is 27.5. The number of methoxy groups -OCH3 is 1. The molecule has 1 spiro atoms. The SMILES string of the molecule is COc1cccc2c1N(c1ccccc1[N+](=O)[O-])C(C(=O)C(C)(C)C)C21CCNCC1. The third-order valence-electron chi connectivity index (χ3n) is 6.60. The van der Waals surface area contributed by atoms with Crippen LogP contribution in [0.4, 0.5) is 17.1 Å². The lowest BCUT2D eigenvalue weighted by atomic mass is 9.65. The minimum atomic E-state index is -0.611. The van der Waals surface area contributed by atoms with Gasteiger partial charge in [-0.3, -0.25) is 14.9 Å². The summed E-state index contributed by atoms with van der Waals surface area (Å²) in [6.07, 6.45) is 1.55. The normalized spacial score (nSPS) is 19.9. The molecule has 4 rings (SSSR count). The number of Topliss-reactive ketones (excluding diaryl/α,β-unsaturated/α-hetero) is 1. The van der Waals surface area contributed by atoms with Gasteiger partial charge >= 0.3 is 0 Å². The van der Waals surface area contributed by atoms with Crippen molar-refractivity contribution in [1.29, 1.82) is 0 Å². The first kappa shape index (κ1) is 21.3. The largest absolute Gasteiger partial charge is 0.495 e. The lowest BCUT2D eigenvalue weighted by Gasteiger charge is -2.43. The van der Waals surface area contributed by atoms with Crippen molar-refractivity contribution >= 4 is 22.8 Å². The molecule has 164 valence electrons. The minimum Gasteiger partial charge on any atom is -0.495 e. The molecule has 2 heterocycles. The Bertz CT molecular complexity index is 1020.